The minimum Gasteiger partial charge on any atom is -0.324 e. The average Bonchev–Trinajstić information content (AvgIpc) is 2.15. The van der Waals surface area contributed by atoms with E-state index in [2.05, 4.69) is 32.6 Å². The topological polar surface area (TPSA) is 29.3 Å². The molecule has 0 spiro atoms. The monoisotopic (exact) mass is 226 g/mol. The summed E-state index contributed by atoms with van der Waals surface area (Å²) in [4.78, 5) is 2.53. The standard InChI is InChI=1S/C14H30N2/c1-5-16(10-12(2)3)11-14(15)8-6-7-13(4)9-14/h12-13H,5-11,15H2,1-4H3. The van der Waals surface area contributed by atoms with Gasteiger partial charge >= 0.3 is 0 Å². The second kappa shape index (κ2) is 6.02. The summed E-state index contributed by atoms with van der Waals surface area (Å²) in [5.41, 5.74) is 6.65. The Hall–Kier alpha value is -0.0800. The molecule has 0 amide bonds. The van der Waals surface area contributed by atoms with Gasteiger partial charge in [0.2, 0.25) is 0 Å². The third kappa shape index (κ3) is 4.42. The highest BCUT2D eigenvalue weighted by atomic mass is 15.1. The maximum absolute atomic E-state index is 6.56. The number of nitrogens with zero attached hydrogens (tertiary/aromatic N) is 1. The van der Waals surface area contributed by atoms with Gasteiger partial charge in [0.15, 0.2) is 0 Å². The first-order valence-electron chi connectivity index (χ1n) is 6.96. The summed E-state index contributed by atoms with van der Waals surface area (Å²) in [6.45, 7) is 12.6. The first-order valence-corrected chi connectivity index (χ1v) is 6.96. The third-order valence-electron chi connectivity index (χ3n) is 3.74. The summed E-state index contributed by atoms with van der Waals surface area (Å²) < 4.78 is 0. The van der Waals surface area contributed by atoms with E-state index < -0.39 is 0 Å². The van der Waals surface area contributed by atoms with E-state index in [0.29, 0.717) is 0 Å². The van der Waals surface area contributed by atoms with Gasteiger partial charge in [0.1, 0.15) is 0 Å². The Kier molecular flexibility index (Phi) is 5.26. The van der Waals surface area contributed by atoms with Crippen LogP contribution in [-0.2, 0) is 0 Å². The fourth-order valence-electron chi connectivity index (χ4n) is 3.11. The van der Waals surface area contributed by atoms with Crippen LogP contribution in [0.1, 0.15) is 53.4 Å². The molecule has 1 fully saturated rings. The predicted molar refractivity (Wildman–Crippen MR) is 71.5 cm³/mol. The van der Waals surface area contributed by atoms with Gasteiger partial charge in [-0.1, -0.05) is 40.5 Å². The van der Waals surface area contributed by atoms with Gasteiger partial charge in [0, 0.05) is 18.6 Å². The van der Waals surface area contributed by atoms with Gasteiger partial charge in [-0.15, -0.1) is 0 Å². The Balaban J connectivity index is 2.48. The Morgan fingerprint density at radius 1 is 1.44 bits per heavy atom. The summed E-state index contributed by atoms with van der Waals surface area (Å²) in [5, 5.41) is 0. The van der Waals surface area contributed by atoms with E-state index in [4.69, 9.17) is 5.73 Å². The number of nitrogens with two attached hydrogens (primary N) is 1. The SMILES string of the molecule is CCN(CC(C)C)CC1(N)CCCC(C)C1. The van der Waals surface area contributed by atoms with Crippen molar-refractivity contribution in [3.63, 3.8) is 0 Å². The molecule has 0 radical (unpaired) electrons. The Morgan fingerprint density at radius 2 is 2.12 bits per heavy atom. The molecule has 2 heteroatoms. The minimum absolute atomic E-state index is 0.0859. The van der Waals surface area contributed by atoms with Crippen LogP contribution in [0.15, 0.2) is 0 Å². The fourth-order valence-corrected chi connectivity index (χ4v) is 3.11. The number of likely N-dealkylation sites (N-methyl/N-ethyl adjacent to an activating group) is 1. The Bertz CT molecular complexity index is 203. The molecular weight excluding hydrogens is 196 g/mol. The highest BCUT2D eigenvalue weighted by Gasteiger charge is 2.32. The van der Waals surface area contributed by atoms with Crippen LogP contribution in [0.2, 0.25) is 0 Å². The zero-order valence-corrected chi connectivity index (χ0v) is 11.6. The van der Waals surface area contributed by atoms with Crippen molar-refractivity contribution < 1.29 is 0 Å². The first-order chi connectivity index (χ1) is 7.45. The summed E-state index contributed by atoms with van der Waals surface area (Å²) in [6.07, 6.45) is 5.11. The average molecular weight is 226 g/mol. The molecule has 1 aliphatic rings. The van der Waals surface area contributed by atoms with Gasteiger partial charge in [-0.3, -0.25) is 0 Å². The number of rotatable bonds is 5. The van der Waals surface area contributed by atoms with E-state index in [1.54, 1.807) is 0 Å². The Morgan fingerprint density at radius 3 is 2.62 bits per heavy atom. The van der Waals surface area contributed by atoms with E-state index >= 15 is 0 Å². The van der Waals surface area contributed by atoms with Crippen LogP contribution in [0.4, 0.5) is 0 Å². The van der Waals surface area contributed by atoms with Crippen molar-refractivity contribution in [3.05, 3.63) is 0 Å². The van der Waals surface area contributed by atoms with Crippen molar-refractivity contribution in [2.24, 2.45) is 17.6 Å². The second-order valence-corrected chi connectivity index (χ2v) is 6.29. The highest BCUT2D eigenvalue weighted by molar-refractivity contribution is 4.92. The van der Waals surface area contributed by atoms with Crippen LogP contribution in [0.25, 0.3) is 0 Å². The van der Waals surface area contributed by atoms with E-state index in [-0.39, 0.29) is 5.54 Å². The molecule has 0 saturated heterocycles. The van der Waals surface area contributed by atoms with Crippen LogP contribution < -0.4 is 5.73 Å². The van der Waals surface area contributed by atoms with E-state index in [1.165, 1.54) is 32.2 Å². The van der Waals surface area contributed by atoms with Crippen LogP contribution in [0.5, 0.6) is 0 Å². The molecule has 0 aromatic heterocycles. The number of hydrogen-bond donors (Lipinski definition) is 1. The lowest BCUT2D eigenvalue weighted by Crippen LogP contribution is -2.53. The molecule has 96 valence electrons. The molecule has 1 aliphatic carbocycles. The third-order valence-corrected chi connectivity index (χ3v) is 3.74. The van der Waals surface area contributed by atoms with Crippen LogP contribution >= 0.6 is 0 Å². The predicted octanol–water partition coefficient (Wildman–Crippen LogP) is 2.87. The van der Waals surface area contributed by atoms with Gasteiger partial charge in [0.25, 0.3) is 0 Å². The maximum atomic E-state index is 6.56. The molecule has 2 nitrogen and oxygen atoms in total. The lowest BCUT2D eigenvalue weighted by Gasteiger charge is -2.40. The van der Waals surface area contributed by atoms with Gasteiger partial charge in [0.05, 0.1) is 0 Å². The lowest BCUT2D eigenvalue weighted by atomic mass is 9.76. The zero-order chi connectivity index (χ0) is 12.2. The first kappa shape index (κ1) is 14.0. The molecule has 0 heterocycles. The van der Waals surface area contributed by atoms with Crippen LogP contribution in [-0.4, -0.2) is 30.1 Å². The molecule has 1 saturated carbocycles. The van der Waals surface area contributed by atoms with Gasteiger partial charge in [-0.05, 0) is 31.2 Å². The summed E-state index contributed by atoms with van der Waals surface area (Å²) in [6, 6.07) is 0. The fraction of sp³-hybridized carbons (Fsp3) is 1.00. The van der Waals surface area contributed by atoms with Crippen molar-refractivity contribution >= 4 is 0 Å². The molecule has 0 aromatic rings. The minimum atomic E-state index is 0.0859. The summed E-state index contributed by atoms with van der Waals surface area (Å²) in [5.74, 6) is 1.56. The van der Waals surface area contributed by atoms with Crippen LogP contribution in [0, 0.1) is 11.8 Å². The van der Waals surface area contributed by atoms with Crippen molar-refractivity contribution in [1.82, 2.24) is 4.90 Å². The largest absolute Gasteiger partial charge is 0.324 e. The molecule has 16 heavy (non-hydrogen) atoms. The number of hydrogen-bond acceptors (Lipinski definition) is 2. The van der Waals surface area contributed by atoms with E-state index in [0.717, 1.165) is 24.9 Å². The normalized spacial score (nSPS) is 31.3. The van der Waals surface area contributed by atoms with Gasteiger partial charge < -0.3 is 10.6 Å². The quantitative estimate of drug-likeness (QED) is 0.781. The van der Waals surface area contributed by atoms with Crippen LogP contribution in [0.3, 0.4) is 0 Å². The molecular formula is C14H30N2. The molecule has 2 unspecified atom stereocenters. The van der Waals surface area contributed by atoms with Crippen molar-refractivity contribution in [2.75, 3.05) is 19.6 Å². The Labute approximate surface area is 102 Å². The smallest absolute Gasteiger partial charge is 0.0285 e. The zero-order valence-electron chi connectivity index (χ0n) is 11.6. The van der Waals surface area contributed by atoms with E-state index in [1.807, 2.05) is 0 Å². The van der Waals surface area contributed by atoms with E-state index in [9.17, 15) is 0 Å². The van der Waals surface area contributed by atoms with Crippen molar-refractivity contribution in [3.8, 4) is 0 Å². The molecule has 0 aromatic carbocycles. The summed E-state index contributed by atoms with van der Waals surface area (Å²) in [7, 11) is 0. The second-order valence-electron chi connectivity index (χ2n) is 6.29. The van der Waals surface area contributed by atoms with Crippen molar-refractivity contribution in [1.29, 1.82) is 0 Å². The van der Waals surface area contributed by atoms with Crippen molar-refractivity contribution in [2.45, 2.75) is 58.9 Å². The van der Waals surface area contributed by atoms with Gasteiger partial charge in [-0.2, -0.15) is 0 Å². The highest BCUT2D eigenvalue weighted by Crippen LogP contribution is 2.31. The summed E-state index contributed by atoms with van der Waals surface area (Å²) >= 11 is 0. The molecule has 0 aliphatic heterocycles. The lowest BCUT2D eigenvalue weighted by molar-refractivity contribution is 0.144. The van der Waals surface area contributed by atoms with Gasteiger partial charge in [-0.25, -0.2) is 0 Å². The molecule has 2 atom stereocenters. The molecule has 1 rings (SSSR count). The maximum Gasteiger partial charge on any atom is 0.0285 e. The molecule has 2 N–H and O–H groups in total. The molecule has 0 bridgehead atoms.